The largest absolute Gasteiger partial charge is 0.340 e. The first-order valence-electron chi connectivity index (χ1n) is 5.11. The fourth-order valence-corrected chi connectivity index (χ4v) is 1.69. The van der Waals surface area contributed by atoms with Gasteiger partial charge in [-0.15, -0.1) is 0 Å². The van der Waals surface area contributed by atoms with Crippen molar-refractivity contribution in [2.24, 2.45) is 5.92 Å². The van der Waals surface area contributed by atoms with Gasteiger partial charge in [-0.2, -0.15) is 0 Å². The Morgan fingerprint density at radius 1 is 1.54 bits per heavy atom. The predicted octanol–water partition coefficient (Wildman–Crippen LogP) is 0.853. The summed E-state index contributed by atoms with van der Waals surface area (Å²) in [6.07, 6.45) is 0.644. The van der Waals surface area contributed by atoms with Gasteiger partial charge in [-0.1, -0.05) is 6.92 Å². The Kier molecular flexibility index (Phi) is 3.72. The molecule has 0 saturated carbocycles. The molecule has 0 radical (unpaired) electrons. The number of nitrogens with zero attached hydrogens (tertiary/aromatic N) is 1. The maximum Gasteiger partial charge on any atom is 0.224 e. The van der Waals surface area contributed by atoms with Crippen LogP contribution in [0.1, 0.15) is 27.2 Å². The Hall–Kier alpha value is -0.570. The summed E-state index contributed by atoms with van der Waals surface area (Å²) in [7, 11) is 0. The van der Waals surface area contributed by atoms with Gasteiger partial charge in [-0.05, 0) is 26.3 Å². The zero-order chi connectivity index (χ0) is 9.84. The number of amides is 1. The van der Waals surface area contributed by atoms with Crippen LogP contribution in [0.4, 0.5) is 0 Å². The summed E-state index contributed by atoms with van der Waals surface area (Å²) in [5.41, 5.74) is 0. The van der Waals surface area contributed by atoms with Gasteiger partial charge >= 0.3 is 0 Å². The van der Waals surface area contributed by atoms with Crippen molar-refractivity contribution in [2.45, 2.75) is 33.2 Å². The summed E-state index contributed by atoms with van der Waals surface area (Å²) in [5.74, 6) is 0.848. The van der Waals surface area contributed by atoms with Crippen molar-refractivity contribution in [2.75, 3.05) is 19.6 Å². The highest BCUT2D eigenvalue weighted by atomic mass is 16.2. The van der Waals surface area contributed by atoms with E-state index in [1.807, 2.05) is 4.90 Å². The molecule has 1 saturated heterocycles. The van der Waals surface area contributed by atoms with Crippen LogP contribution in [0, 0.1) is 5.92 Å². The first-order valence-corrected chi connectivity index (χ1v) is 5.11. The molecule has 0 aromatic heterocycles. The zero-order valence-corrected chi connectivity index (χ0v) is 8.84. The van der Waals surface area contributed by atoms with Gasteiger partial charge in [0.05, 0.1) is 0 Å². The topological polar surface area (TPSA) is 32.3 Å². The Morgan fingerprint density at radius 2 is 2.23 bits per heavy atom. The van der Waals surface area contributed by atoms with Crippen LogP contribution >= 0.6 is 0 Å². The maximum absolute atomic E-state index is 11.6. The molecule has 0 spiro atoms. The quantitative estimate of drug-likeness (QED) is 0.655. The Balaban J connectivity index is 2.59. The van der Waals surface area contributed by atoms with Crippen LogP contribution in [0.2, 0.25) is 0 Å². The Bertz CT molecular complexity index is 180. The number of hydrogen-bond donors (Lipinski definition) is 1. The van der Waals surface area contributed by atoms with E-state index >= 15 is 0 Å². The molecular formula is C10H20N2O. The van der Waals surface area contributed by atoms with Gasteiger partial charge in [0.2, 0.25) is 5.91 Å². The average molecular weight is 184 g/mol. The molecule has 0 aliphatic carbocycles. The molecule has 1 rings (SSSR count). The van der Waals surface area contributed by atoms with E-state index in [-0.39, 0.29) is 5.91 Å². The summed E-state index contributed by atoms with van der Waals surface area (Å²) < 4.78 is 0. The number of nitrogens with one attached hydrogen (secondary N) is 1. The second-order valence-corrected chi connectivity index (χ2v) is 4.20. The standard InChI is InChI=1S/C10H20N2O/c1-8(2)12-7-9(3)6-11-5-4-10(12)13/h8-9,11H,4-7H2,1-3H3. The van der Waals surface area contributed by atoms with E-state index in [1.54, 1.807) is 0 Å². The molecule has 3 heteroatoms. The first-order chi connectivity index (χ1) is 6.11. The third-order valence-electron chi connectivity index (χ3n) is 2.46. The van der Waals surface area contributed by atoms with Crippen molar-refractivity contribution in [1.82, 2.24) is 10.2 Å². The van der Waals surface area contributed by atoms with Crippen LogP contribution in [-0.2, 0) is 4.79 Å². The van der Waals surface area contributed by atoms with Crippen molar-refractivity contribution in [1.29, 1.82) is 0 Å². The number of carbonyl (C=O) groups is 1. The van der Waals surface area contributed by atoms with Crippen molar-refractivity contribution in [3.05, 3.63) is 0 Å². The number of hydrogen-bond acceptors (Lipinski definition) is 2. The second kappa shape index (κ2) is 4.61. The summed E-state index contributed by atoms with van der Waals surface area (Å²) in [6, 6.07) is 0.341. The van der Waals surface area contributed by atoms with E-state index in [2.05, 4.69) is 26.1 Å². The van der Waals surface area contributed by atoms with Gasteiger partial charge in [-0.3, -0.25) is 4.79 Å². The average Bonchev–Trinajstić information content (AvgIpc) is 2.04. The first kappa shape index (κ1) is 10.5. The minimum absolute atomic E-state index is 0.286. The lowest BCUT2D eigenvalue weighted by atomic mass is 10.1. The van der Waals surface area contributed by atoms with E-state index in [4.69, 9.17) is 0 Å². The van der Waals surface area contributed by atoms with Gasteiger partial charge in [0.25, 0.3) is 0 Å². The molecule has 1 heterocycles. The van der Waals surface area contributed by atoms with Crippen LogP contribution in [0.25, 0.3) is 0 Å². The molecule has 1 atom stereocenters. The van der Waals surface area contributed by atoms with E-state index in [0.717, 1.165) is 19.6 Å². The van der Waals surface area contributed by atoms with Gasteiger partial charge in [0.15, 0.2) is 0 Å². The lowest BCUT2D eigenvalue weighted by Gasteiger charge is -2.31. The normalized spacial score (nSPS) is 26.0. The van der Waals surface area contributed by atoms with Crippen molar-refractivity contribution < 1.29 is 4.79 Å². The van der Waals surface area contributed by atoms with Crippen molar-refractivity contribution in [3.8, 4) is 0 Å². The monoisotopic (exact) mass is 184 g/mol. The lowest BCUT2D eigenvalue weighted by molar-refractivity contribution is -0.133. The van der Waals surface area contributed by atoms with Crippen LogP contribution in [-0.4, -0.2) is 36.5 Å². The predicted molar refractivity (Wildman–Crippen MR) is 53.5 cm³/mol. The molecule has 1 unspecified atom stereocenters. The highest BCUT2D eigenvalue weighted by molar-refractivity contribution is 5.76. The number of carbonyl (C=O) groups excluding carboxylic acids is 1. The second-order valence-electron chi connectivity index (χ2n) is 4.20. The Labute approximate surface area is 80.5 Å². The maximum atomic E-state index is 11.6. The lowest BCUT2D eigenvalue weighted by Crippen LogP contribution is -2.45. The van der Waals surface area contributed by atoms with E-state index in [9.17, 15) is 4.79 Å². The van der Waals surface area contributed by atoms with Crippen LogP contribution < -0.4 is 5.32 Å². The van der Waals surface area contributed by atoms with E-state index in [1.165, 1.54) is 0 Å². The highest BCUT2D eigenvalue weighted by Gasteiger charge is 2.20. The van der Waals surface area contributed by atoms with Crippen LogP contribution in [0.15, 0.2) is 0 Å². The van der Waals surface area contributed by atoms with E-state index in [0.29, 0.717) is 18.4 Å². The van der Waals surface area contributed by atoms with Gasteiger partial charge in [0, 0.05) is 25.6 Å². The zero-order valence-electron chi connectivity index (χ0n) is 8.84. The number of rotatable bonds is 1. The summed E-state index contributed by atoms with van der Waals surface area (Å²) in [6.45, 7) is 9.09. The molecule has 76 valence electrons. The minimum atomic E-state index is 0.286. The van der Waals surface area contributed by atoms with Crippen LogP contribution in [0.3, 0.4) is 0 Å². The third kappa shape index (κ3) is 2.99. The summed E-state index contributed by atoms with van der Waals surface area (Å²) >= 11 is 0. The fourth-order valence-electron chi connectivity index (χ4n) is 1.69. The highest BCUT2D eigenvalue weighted by Crippen LogP contribution is 2.08. The van der Waals surface area contributed by atoms with Gasteiger partial charge < -0.3 is 10.2 Å². The summed E-state index contributed by atoms with van der Waals surface area (Å²) in [4.78, 5) is 13.6. The van der Waals surface area contributed by atoms with Crippen molar-refractivity contribution >= 4 is 5.91 Å². The van der Waals surface area contributed by atoms with Gasteiger partial charge in [-0.25, -0.2) is 0 Å². The molecule has 1 fully saturated rings. The minimum Gasteiger partial charge on any atom is -0.340 e. The molecule has 1 aliphatic rings. The molecule has 1 aliphatic heterocycles. The molecule has 1 N–H and O–H groups in total. The molecule has 0 bridgehead atoms. The molecule has 1 amide bonds. The Morgan fingerprint density at radius 3 is 2.85 bits per heavy atom. The smallest absolute Gasteiger partial charge is 0.224 e. The molecule has 13 heavy (non-hydrogen) atoms. The van der Waals surface area contributed by atoms with E-state index < -0.39 is 0 Å². The molecular weight excluding hydrogens is 164 g/mol. The summed E-state index contributed by atoms with van der Waals surface area (Å²) in [5, 5.41) is 3.28. The molecule has 0 aromatic rings. The van der Waals surface area contributed by atoms with Crippen LogP contribution in [0.5, 0.6) is 0 Å². The van der Waals surface area contributed by atoms with Gasteiger partial charge in [0.1, 0.15) is 0 Å². The fraction of sp³-hybridized carbons (Fsp3) is 0.900. The molecule has 3 nitrogen and oxygen atoms in total. The third-order valence-corrected chi connectivity index (χ3v) is 2.46. The van der Waals surface area contributed by atoms with Crippen molar-refractivity contribution in [3.63, 3.8) is 0 Å². The molecule has 0 aromatic carbocycles. The SMILES string of the molecule is CC1CNCCC(=O)N(C(C)C)C1.